The number of carbonyl (C=O) groups excluding carboxylic acids is 1. The van der Waals surface area contributed by atoms with Crippen molar-refractivity contribution in [3.8, 4) is 11.3 Å². The number of morpholine rings is 1. The van der Waals surface area contributed by atoms with Crippen LogP contribution in [0.15, 0.2) is 18.6 Å². The lowest BCUT2D eigenvalue weighted by Gasteiger charge is -2.39. The van der Waals surface area contributed by atoms with Crippen LogP contribution in [0.3, 0.4) is 0 Å². The van der Waals surface area contributed by atoms with Crippen LogP contribution in [0.2, 0.25) is 0 Å². The van der Waals surface area contributed by atoms with E-state index in [1.54, 1.807) is 6.33 Å². The lowest BCUT2D eigenvalue weighted by molar-refractivity contribution is -0.142. The van der Waals surface area contributed by atoms with Crippen molar-refractivity contribution in [3.05, 3.63) is 40.2 Å². The second kappa shape index (κ2) is 9.47. The molecule has 4 aromatic rings. The summed E-state index contributed by atoms with van der Waals surface area (Å²) in [5.74, 6) is 1.04. The number of likely N-dealkylation sites (tertiary alicyclic amines) is 1. The van der Waals surface area contributed by atoms with E-state index in [4.69, 9.17) is 4.74 Å². The van der Waals surface area contributed by atoms with Crippen LogP contribution < -0.4 is 5.32 Å². The number of ether oxygens (including phenoxy) is 1. The number of aromatic nitrogens is 4. The Morgan fingerprint density at radius 3 is 2.68 bits per heavy atom. The first-order chi connectivity index (χ1) is 18.1. The second-order valence-corrected chi connectivity index (χ2v) is 13.0. The van der Waals surface area contributed by atoms with E-state index in [2.05, 4.69) is 74.2 Å². The van der Waals surface area contributed by atoms with Gasteiger partial charge in [-0.05, 0) is 75.1 Å². The minimum absolute atomic E-state index is 0.181. The monoisotopic (exact) mass is 534 g/mol. The van der Waals surface area contributed by atoms with Gasteiger partial charge in [0, 0.05) is 41.7 Å². The molecule has 8 nitrogen and oxygen atoms in total. The number of H-pyrrole nitrogens is 1. The van der Waals surface area contributed by atoms with E-state index in [1.807, 2.05) is 20.8 Å². The summed E-state index contributed by atoms with van der Waals surface area (Å²) in [5, 5.41) is 9.15. The lowest BCUT2D eigenvalue weighted by Crippen LogP contribution is -2.58. The SMILES string of the molecule is Cc1c(C2CCN(C(=O)[C@H]3COC(C)(C)CN3)CC2)sc2[nH]c(-c3cc(C)c4ncnn4c3)c(C(C)C)c12. The molecule has 1 amide bonds. The molecule has 4 aromatic heterocycles. The van der Waals surface area contributed by atoms with Crippen LogP contribution in [0.25, 0.3) is 27.1 Å². The Morgan fingerprint density at radius 2 is 2.00 bits per heavy atom. The van der Waals surface area contributed by atoms with Gasteiger partial charge in [-0.1, -0.05) is 13.8 Å². The summed E-state index contributed by atoms with van der Waals surface area (Å²) >= 11 is 1.90. The Hall–Kier alpha value is -2.75. The first kappa shape index (κ1) is 25.5. The Morgan fingerprint density at radius 1 is 1.24 bits per heavy atom. The lowest BCUT2D eigenvalue weighted by atomic mass is 9.90. The average molecular weight is 535 g/mol. The summed E-state index contributed by atoms with van der Waals surface area (Å²) in [6.07, 6.45) is 5.69. The van der Waals surface area contributed by atoms with Gasteiger partial charge in [0.1, 0.15) is 17.2 Å². The molecule has 2 N–H and O–H groups in total. The molecule has 0 aromatic carbocycles. The molecule has 9 heteroatoms. The number of aromatic amines is 1. The van der Waals surface area contributed by atoms with Crippen molar-refractivity contribution in [2.24, 2.45) is 0 Å². The number of carbonyl (C=O) groups is 1. The van der Waals surface area contributed by atoms with Crippen LogP contribution in [0.1, 0.15) is 73.9 Å². The van der Waals surface area contributed by atoms with E-state index in [9.17, 15) is 4.79 Å². The largest absolute Gasteiger partial charge is 0.372 e. The molecule has 0 aliphatic carbocycles. The van der Waals surface area contributed by atoms with E-state index < -0.39 is 0 Å². The molecule has 1 atom stereocenters. The van der Waals surface area contributed by atoms with Crippen LogP contribution in [0, 0.1) is 13.8 Å². The molecule has 0 spiro atoms. The zero-order chi connectivity index (χ0) is 26.8. The first-order valence-corrected chi connectivity index (χ1v) is 14.6. The van der Waals surface area contributed by atoms with Crippen LogP contribution in [0.5, 0.6) is 0 Å². The van der Waals surface area contributed by atoms with Crippen LogP contribution in [-0.4, -0.2) is 68.3 Å². The number of hydrogen-bond donors (Lipinski definition) is 2. The van der Waals surface area contributed by atoms with Crippen LogP contribution >= 0.6 is 11.3 Å². The van der Waals surface area contributed by atoms with Gasteiger partial charge in [-0.25, -0.2) is 9.50 Å². The van der Waals surface area contributed by atoms with Crippen LogP contribution in [0.4, 0.5) is 0 Å². The van der Waals surface area contributed by atoms with Crippen molar-refractivity contribution in [3.63, 3.8) is 0 Å². The summed E-state index contributed by atoms with van der Waals surface area (Å²) in [6.45, 7) is 15.8. The second-order valence-electron chi connectivity index (χ2n) is 11.9. The molecule has 0 unspecified atom stereocenters. The molecule has 0 bridgehead atoms. The summed E-state index contributed by atoms with van der Waals surface area (Å²) in [5.41, 5.74) is 6.89. The summed E-state index contributed by atoms with van der Waals surface area (Å²) in [4.78, 5) is 26.0. The molecule has 202 valence electrons. The Balaban J connectivity index is 1.24. The molecule has 2 saturated heterocycles. The molecule has 6 heterocycles. The number of thiophene rings is 1. The van der Waals surface area contributed by atoms with E-state index in [1.165, 1.54) is 31.9 Å². The van der Waals surface area contributed by atoms with Gasteiger partial charge in [-0.2, -0.15) is 5.10 Å². The fourth-order valence-corrected chi connectivity index (χ4v) is 7.60. The van der Waals surface area contributed by atoms with Gasteiger partial charge >= 0.3 is 0 Å². The normalized spacial score (nSPS) is 20.7. The highest BCUT2D eigenvalue weighted by Crippen LogP contribution is 2.46. The number of nitrogens with zero attached hydrogens (tertiary/aromatic N) is 4. The molecule has 38 heavy (non-hydrogen) atoms. The molecule has 2 fully saturated rings. The van der Waals surface area contributed by atoms with Gasteiger partial charge in [0.2, 0.25) is 5.91 Å². The van der Waals surface area contributed by atoms with Gasteiger partial charge in [0.15, 0.2) is 5.65 Å². The van der Waals surface area contributed by atoms with Gasteiger partial charge < -0.3 is 19.9 Å². The third kappa shape index (κ3) is 4.34. The third-order valence-corrected chi connectivity index (χ3v) is 9.65. The number of hydrogen-bond acceptors (Lipinski definition) is 6. The zero-order valence-corrected chi connectivity index (χ0v) is 24.0. The number of piperidine rings is 1. The average Bonchev–Trinajstić information content (AvgIpc) is 3.59. The standard InChI is InChI=1S/C29H38N6O2S/c1-16(2)22-23-18(4)25(19-7-9-34(10-8-19)28(36)21-13-37-29(5,6)14-30-21)38-27(23)33-24(22)20-11-17(3)26-31-15-32-35(26)12-20/h11-12,15-16,19,21,30,33H,7-10,13-14H2,1-6H3/t21-/m1/s1. The molecule has 0 saturated carbocycles. The van der Waals surface area contributed by atoms with Gasteiger partial charge in [0.25, 0.3) is 0 Å². The number of rotatable bonds is 4. The summed E-state index contributed by atoms with van der Waals surface area (Å²) in [7, 11) is 0. The number of fused-ring (bicyclic) bond motifs is 2. The summed E-state index contributed by atoms with van der Waals surface area (Å²) < 4.78 is 7.76. The fraction of sp³-hybridized carbons (Fsp3) is 0.552. The van der Waals surface area contributed by atoms with E-state index in [-0.39, 0.29) is 17.6 Å². The quantitative estimate of drug-likeness (QED) is 0.378. The molecule has 6 rings (SSSR count). The Labute approximate surface area is 227 Å². The van der Waals surface area contributed by atoms with E-state index >= 15 is 0 Å². The van der Waals surface area contributed by atoms with Gasteiger partial charge in [0.05, 0.1) is 17.9 Å². The highest BCUT2D eigenvalue weighted by atomic mass is 32.1. The number of pyridine rings is 1. The summed E-state index contributed by atoms with van der Waals surface area (Å²) in [6, 6.07) is 1.98. The maximum absolute atomic E-state index is 13.1. The molecule has 2 aliphatic heterocycles. The maximum atomic E-state index is 13.1. The van der Waals surface area contributed by atoms with Crippen molar-refractivity contribution >= 4 is 33.1 Å². The zero-order valence-electron chi connectivity index (χ0n) is 23.2. The first-order valence-electron chi connectivity index (χ1n) is 13.7. The molecule has 0 radical (unpaired) electrons. The Bertz CT molecular complexity index is 1490. The van der Waals surface area contributed by atoms with E-state index in [0.29, 0.717) is 25.0 Å². The van der Waals surface area contributed by atoms with Crippen molar-refractivity contribution in [2.75, 3.05) is 26.2 Å². The number of amides is 1. The van der Waals surface area contributed by atoms with Crippen molar-refractivity contribution < 1.29 is 9.53 Å². The Kier molecular flexibility index (Phi) is 6.36. The minimum Gasteiger partial charge on any atom is -0.372 e. The smallest absolute Gasteiger partial charge is 0.242 e. The highest BCUT2D eigenvalue weighted by molar-refractivity contribution is 7.19. The van der Waals surface area contributed by atoms with Crippen molar-refractivity contribution in [1.82, 2.24) is 29.8 Å². The fourth-order valence-electron chi connectivity index (χ4n) is 6.20. The topological polar surface area (TPSA) is 87.5 Å². The predicted octanol–water partition coefficient (Wildman–Crippen LogP) is 5.15. The molecule has 2 aliphatic rings. The number of aryl methyl sites for hydroxylation is 2. The highest BCUT2D eigenvalue weighted by Gasteiger charge is 2.35. The van der Waals surface area contributed by atoms with Crippen LogP contribution in [-0.2, 0) is 9.53 Å². The van der Waals surface area contributed by atoms with Gasteiger partial charge in [-0.3, -0.25) is 4.79 Å². The minimum atomic E-state index is -0.228. The predicted molar refractivity (Wildman–Crippen MR) is 152 cm³/mol. The molecular weight excluding hydrogens is 496 g/mol. The van der Waals surface area contributed by atoms with Crippen molar-refractivity contribution in [1.29, 1.82) is 0 Å². The third-order valence-electron chi connectivity index (χ3n) is 8.28. The number of nitrogens with one attached hydrogen (secondary N) is 2. The maximum Gasteiger partial charge on any atom is 0.242 e. The van der Waals surface area contributed by atoms with Gasteiger partial charge in [-0.15, -0.1) is 11.3 Å². The molecular formula is C29H38N6O2S. The van der Waals surface area contributed by atoms with Crippen molar-refractivity contribution in [2.45, 2.75) is 77.9 Å². The van der Waals surface area contributed by atoms with E-state index in [0.717, 1.165) is 42.7 Å².